The number of H-pyrrole nitrogens is 1. The summed E-state index contributed by atoms with van der Waals surface area (Å²) in [4.78, 5) is 5.52. The Bertz CT molecular complexity index is 408. The van der Waals surface area contributed by atoms with Crippen molar-refractivity contribution < 1.29 is 0 Å². The van der Waals surface area contributed by atoms with Crippen LogP contribution < -0.4 is 5.32 Å². The topological polar surface area (TPSA) is 53.6 Å². The van der Waals surface area contributed by atoms with Crippen LogP contribution in [0, 0.1) is 5.92 Å². The van der Waals surface area contributed by atoms with Crippen LogP contribution in [0.25, 0.3) is 0 Å². The van der Waals surface area contributed by atoms with Crippen molar-refractivity contribution in [2.24, 2.45) is 5.92 Å². The standard InChI is InChI=1S/C12H18N4S/c1-9(2)12(10-4-3-7-17-10)13-6-5-11-14-8-15-16-11/h3-4,7-9,12-13H,5-6H2,1-2H3,(H,14,15,16). The van der Waals surface area contributed by atoms with Gasteiger partial charge in [-0.2, -0.15) is 5.10 Å². The minimum Gasteiger partial charge on any atom is -0.309 e. The van der Waals surface area contributed by atoms with E-state index in [2.05, 4.69) is 51.9 Å². The molecule has 0 aliphatic heterocycles. The van der Waals surface area contributed by atoms with Crippen molar-refractivity contribution in [2.45, 2.75) is 26.3 Å². The number of hydrogen-bond donors (Lipinski definition) is 2. The number of rotatable bonds is 6. The summed E-state index contributed by atoms with van der Waals surface area (Å²) in [5.41, 5.74) is 0. The number of aromatic amines is 1. The molecule has 2 aromatic heterocycles. The van der Waals surface area contributed by atoms with E-state index >= 15 is 0 Å². The maximum absolute atomic E-state index is 4.12. The molecule has 4 nitrogen and oxygen atoms in total. The Morgan fingerprint density at radius 1 is 1.47 bits per heavy atom. The monoisotopic (exact) mass is 250 g/mol. The van der Waals surface area contributed by atoms with Crippen molar-refractivity contribution in [2.75, 3.05) is 6.54 Å². The van der Waals surface area contributed by atoms with Crippen LogP contribution in [0.4, 0.5) is 0 Å². The van der Waals surface area contributed by atoms with Gasteiger partial charge in [-0.15, -0.1) is 11.3 Å². The summed E-state index contributed by atoms with van der Waals surface area (Å²) in [6.45, 7) is 5.40. The van der Waals surface area contributed by atoms with Crippen LogP contribution in [0.15, 0.2) is 23.8 Å². The van der Waals surface area contributed by atoms with E-state index in [4.69, 9.17) is 0 Å². The first-order chi connectivity index (χ1) is 8.27. The largest absolute Gasteiger partial charge is 0.309 e. The fourth-order valence-corrected chi connectivity index (χ4v) is 2.80. The molecule has 0 aromatic carbocycles. The fraction of sp³-hybridized carbons (Fsp3) is 0.500. The minimum absolute atomic E-state index is 0.429. The van der Waals surface area contributed by atoms with Gasteiger partial charge in [-0.1, -0.05) is 19.9 Å². The van der Waals surface area contributed by atoms with Gasteiger partial charge in [0.15, 0.2) is 0 Å². The van der Waals surface area contributed by atoms with E-state index in [1.807, 2.05) is 11.3 Å². The molecule has 0 saturated heterocycles. The van der Waals surface area contributed by atoms with Gasteiger partial charge >= 0.3 is 0 Å². The zero-order valence-corrected chi connectivity index (χ0v) is 11.0. The van der Waals surface area contributed by atoms with Crippen LogP contribution >= 0.6 is 11.3 Å². The molecule has 0 radical (unpaired) electrons. The molecule has 2 N–H and O–H groups in total. The normalized spacial score (nSPS) is 13.1. The zero-order chi connectivity index (χ0) is 12.1. The van der Waals surface area contributed by atoms with Gasteiger partial charge in [-0.25, -0.2) is 4.98 Å². The smallest absolute Gasteiger partial charge is 0.137 e. The summed E-state index contributed by atoms with van der Waals surface area (Å²) in [5, 5.41) is 12.4. The molecular formula is C12H18N4S. The van der Waals surface area contributed by atoms with Gasteiger partial charge in [0.05, 0.1) is 0 Å². The van der Waals surface area contributed by atoms with Gasteiger partial charge in [-0.3, -0.25) is 5.10 Å². The van der Waals surface area contributed by atoms with Gasteiger partial charge in [-0.05, 0) is 17.4 Å². The molecule has 2 aromatic rings. The summed E-state index contributed by atoms with van der Waals surface area (Å²) in [6.07, 6.45) is 2.43. The molecule has 1 atom stereocenters. The first-order valence-corrected chi connectivity index (χ1v) is 6.76. The molecule has 0 fully saturated rings. The van der Waals surface area contributed by atoms with Gasteiger partial charge < -0.3 is 5.32 Å². The molecule has 0 spiro atoms. The van der Waals surface area contributed by atoms with E-state index < -0.39 is 0 Å². The van der Waals surface area contributed by atoms with Gasteiger partial charge in [0.2, 0.25) is 0 Å². The lowest BCUT2D eigenvalue weighted by Crippen LogP contribution is -2.27. The molecule has 0 amide bonds. The molecule has 0 aliphatic rings. The van der Waals surface area contributed by atoms with E-state index in [0.717, 1.165) is 18.8 Å². The highest BCUT2D eigenvalue weighted by atomic mass is 32.1. The summed E-state index contributed by atoms with van der Waals surface area (Å²) in [5.74, 6) is 1.52. The highest BCUT2D eigenvalue weighted by Crippen LogP contribution is 2.25. The van der Waals surface area contributed by atoms with Crippen LogP contribution in [-0.4, -0.2) is 21.7 Å². The number of hydrogen-bond acceptors (Lipinski definition) is 4. The Kier molecular flexibility index (Phi) is 4.28. The molecule has 1 unspecified atom stereocenters. The van der Waals surface area contributed by atoms with Gasteiger partial charge in [0.1, 0.15) is 12.2 Å². The molecule has 5 heteroatoms. The number of nitrogens with zero attached hydrogens (tertiary/aromatic N) is 2. The van der Waals surface area contributed by atoms with Crippen LogP contribution in [-0.2, 0) is 6.42 Å². The Balaban J connectivity index is 1.86. The van der Waals surface area contributed by atoms with E-state index in [9.17, 15) is 0 Å². The number of thiophene rings is 1. The Morgan fingerprint density at radius 3 is 2.94 bits per heavy atom. The lowest BCUT2D eigenvalue weighted by atomic mass is 10.0. The highest BCUT2D eigenvalue weighted by Gasteiger charge is 2.15. The molecule has 17 heavy (non-hydrogen) atoms. The molecule has 2 heterocycles. The van der Waals surface area contributed by atoms with Crippen LogP contribution in [0.1, 0.15) is 30.6 Å². The van der Waals surface area contributed by atoms with Crippen molar-refractivity contribution in [1.29, 1.82) is 0 Å². The van der Waals surface area contributed by atoms with E-state index in [1.54, 1.807) is 6.33 Å². The second-order valence-corrected chi connectivity index (χ2v) is 5.35. The third-order valence-corrected chi connectivity index (χ3v) is 3.66. The van der Waals surface area contributed by atoms with Crippen molar-refractivity contribution in [3.63, 3.8) is 0 Å². The van der Waals surface area contributed by atoms with E-state index in [1.165, 1.54) is 4.88 Å². The maximum Gasteiger partial charge on any atom is 0.137 e. The highest BCUT2D eigenvalue weighted by molar-refractivity contribution is 7.10. The summed E-state index contributed by atoms with van der Waals surface area (Å²) < 4.78 is 0. The Labute approximate surface area is 105 Å². The zero-order valence-electron chi connectivity index (χ0n) is 10.2. The van der Waals surface area contributed by atoms with Crippen molar-refractivity contribution >= 4 is 11.3 Å². The molecular weight excluding hydrogens is 232 g/mol. The number of nitrogens with one attached hydrogen (secondary N) is 2. The third kappa shape index (κ3) is 3.38. The molecule has 0 aliphatic carbocycles. The second kappa shape index (κ2) is 5.93. The predicted molar refractivity (Wildman–Crippen MR) is 70.0 cm³/mol. The lowest BCUT2D eigenvalue weighted by molar-refractivity contribution is 0.419. The van der Waals surface area contributed by atoms with E-state index in [-0.39, 0.29) is 0 Å². The second-order valence-electron chi connectivity index (χ2n) is 4.37. The van der Waals surface area contributed by atoms with Gasteiger partial charge in [0.25, 0.3) is 0 Å². The first-order valence-electron chi connectivity index (χ1n) is 5.88. The molecule has 0 saturated carbocycles. The first kappa shape index (κ1) is 12.3. The summed E-state index contributed by atoms with van der Waals surface area (Å²) >= 11 is 1.81. The quantitative estimate of drug-likeness (QED) is 0.827. The van der Waals surface area contributed by atoms with Crippen LogP contribution in [0.5, 0.6) is 0 Å². The van der Waals surface area contributed by atoms with E-state index in [0.29, 0.717) is 12.0 Å². The summed E-state index contributed by atoms with van der Waals surface area (Å²) in [7, 11) is 0. The van der Waals surface area contributed by atoms with Crippen molar-refractivity contribution in [3.05, 3.63) is 34.5 Å². The summed E-state index contributed by atoms with van der Waals surface area (Å²) in [6, 6.07) is 4.72. The van der Waals surface area contributed by atoms with Crippen molar-refractivity contribution in [1.82, 2.24) is 20.5 Å². The fourth-order valence-electron chi connectivity index (χ4n) is 1.83. The molecule has 0 bridgehead atoms. The third-order valence-electron chi connectivity index (χ3n) is 2.71. The average Bonchev–Trinajstić information content (AvgIpc) is 2.96. The number of aromatic nitrogens is 3. The minimum atomic E-state index is 0.429. The van der Waals surface area contributed by atoms with Crippen molar-refractivity contribution in [3.8, 4) is 0 Å². The Morgan fingerprint density at radius 2 is 2.35 bits per heavy atom. The maximum atomic E-state index is 4.12. The average molecular weight is 250 g/mol. The molecule has 92 valence electrons. The predicted octanol–water partition coefficient (Wildman–Crippen LogP) is 2.40. The molecule has 2 rings (SSSR count). The Hall–Kier alpha value is -1.20. The van der Waals surface area contributed by atoms with Gasteiger partial charge in [0, 0.05) is 23.9 Å². The lowest BCUT2D eigenvalue weighted by Gasteiger charge is -2.21. The SMILES string of the molecule is CC(C)C(NCCc1ncn[nH]1)c1cccs1. The van der Waals surface area contributed by atoms with Crippen LogP contribution in [0.3, 0.4) is 0 Å². The van der Waals surface area contributed by atoms with Crippen LogP contribution in [0.2, 0.25) is 0 Å².